The Labute approximate surface area is 230 Å². The van der Waals surface area contributed by atoms with Crippen LogP contribution in [0, 0.1) is 6.92 Å². The molecule has 0 aliphatic carbocycles. The second kappa shape index (κ2) is 10.7. The van der Waals surface area contributed by atoms with Crippen LogP contribution in [-0.4, -0.2) is 51.9 Å². The molecule has 1 aromatic carbocycles. The van der Waals surface area contributed by atoms with E-state index in [1.165, 1.54) is 10.6 Å². The molecule has 12 nitrogen and oxygen atoms in total. The number of nitrogens with zero attached hydrogens (tertiary/aromatic N) is 6. The molecule has 0 spiro atoms. The molecule has 0 aliphatic rings. The monoisotopic (exact) mass is 572 g/mol. The molecule has 0 saturated carbocycles. The van der Waals surface area contributed by atoms with Crippen molar-refractivity contribution < 1.29 is 13.2 Å². The lowest BCUT2D eigenvalue weighted by Gasteiger charge is -2.23. The van der Waals surface area contributed by atoms with Crippen LogP contribution in [0.1, 0.15) is 40.1 Å². The Bertz CT molecular complexity index is 1750. The average molecular weight is 573 g/mol. The van der Waals surface area contributed by atoms with E-state index in [9.17, 15) is 18.0 Å². The quantitative estimate of drug-likeness (QED) is 0.304. The Balaban J connectivity index is 1.77. The van der Waals surface area contributed by atoms with Gasteiger partial charge in [-0.15, -0.1) is 0 Å². The number of halogens is 1. The first-order valence-electron chi connectivity index (χ1n) is 11.9. The Morgan fingerprint density at radius 2 is 1.92 bits per heavy atom. The summed E-state index contributed by atoms with van der Waals surface area (Å²) in [4.78, 5) is 36.9. The second-order valence-corrected chi connectivity index (χ2v) is 11.6. The maximum absolute atomic E-state index is 13.4. The molecular formula is C25H29ClN8O4S. The number of rotatable bonds is 8. The number of aryl methyl sites for hydroxylation is 2. The minimum atomic E-state index is -3.83. The normalized spacial score (nSPS) is 12.4. The number of nitrogens with one attached hydrogen (secondary N) is 2. The van der Waals surface area contributed by atoms with Crippen LogP contribution in [-0.2, 0) is 30.7 Å². The summed E-state index contributed by atoms with van der Waals surface area (Å²) in [5.74, 6) is -0.454. The molecule has 4 rings (SSSR count). The second-order valence-electron chi connectivity index (χ2n) is 9.50. The lowest BCUT2D eigenvalue weighted by Crippen LogP contribution is -2.31. The van der Waals surface area contributed by atoms with Gasteiger partial charge in [0.15, 0.2) is 5.69 Å². The highest BCUT2D eigenvalue weighted by atomic mass is 35.5. The van der Waals surface area contributed by atoms with Crippen LogP contribution in [0.5, 0.6) is 0 Å². The fourth-order valence-corrected chi connectivity index (χ4v) is 4.94. The highest BCUT2D eigenvalue weighted by Gasteiger charge is 2.22. The van der Waals surface area contributed by atoms with Gasteiger partial charge in [-0.2, -0.15) is 5.10 Å². The fourth-order valence-electron chi connectivity index (χ4n) is 4.36. The van der Waals surface area contributed by atoms with Crippen LogP contribution < -0.4 is 20.5 Å². The van der Waals surface area contributed by atoms with Crippen LogP contribution in [0.4, 0.5) is 11.6 Å². The number of pyridine rings is 1. The van der Waals surface area contributed by atoms with Gasteiger partial charge < -0.3 is 10.2 Å². The SMILES string of the molecule is Cc1cc([C@@H](C)Nc2ccc(Cl)nc2C(=O)NS(C)(=O)=O)c2nc(N(C)Cc3cnn(C)c3)n(C)c(=O)c2c1. The summed E-state index contributed by atoms with van der Waals surface area (Å²) in [6.07, 6.45) is 4.53. The summed E-state index contributed by atoms with van der Waals surface area (Å²) in [5.41, 5.74) is 2.91. The number of aromatic nitrogens is 5. The predicted molar refractivity (Wildman–Crippen MR) is 151 cm³/mol. The van der Waals surface area contributed by atoms with Gasteiger partial charge in [0.25, 0.3) is 11.5 Å². The number of benzene rings is 1. The maximum Gasteiger partial charge on any atom is 0.285 e. The maximum atomic E-state index is 13.4. The number of carbonyl (C=O) groups excluding carboxylic acids is 1. The third-order valence-corrected chi connectivity index (χ3v) is 6.81. The lowest BCUT2D eigenvalue weighted by atomic mass is 10.0. The van der Waals surface area contributed by atoms with Crippen molar-refractivity contribution in [1.82, 2.24) is 29.0 Å². The van der Waals surface area contributed by atoms with Gasteiger partial charge in [-0.05, 0) is 37.6 Å². The molecule has 1 amide bonds. The number of anilines is 2. The van der Waals surface area contributed by atoms with Gasteiger partial charge in [-0.1, -0.05) is 17.7 Å². The summed E-state index contributed by atoms with van der Waals surface area (Å²) in [7, 11) is 1.54. The highest BCUT2D eigenvalue weighted by molar-refractivity contribution is 7.89. The van der Waals surface area contributed by atoms with Crippen LogP contribution in [0.25, 0.3) is 10.9 Å². The molecule has 0 saturated heterocycles. The summed E-state index contributed by atoms with van der Waals surface area (Å²) >= 11 is 6.00. The van der Waals surface area contributed by atoms with Gasteiger partial charge in [0.05, 0.1) is 35.1 Å². The Kier molecular flexibility index (Phi) is 7.66. The van der Waals surface area contributed by atoms with Crippen LogP contribution in [0.3, 0.4) is 0 Å². The van der Waals surface area contributed by atoms with Crippen molar-refractivity contribution in [2.45, 2.75) is 26.4 Å². The Morgan fingerprint density at radius 1 is 1.21 bits per heavy atom. The number of carbonyl (C=O) groups is 1. The van der Waals surface area contributed by atoms with E-state index in [4.69, 9.17) is 16.6 Å². The summed E-state index contributed by atoms with van der Waals surface area (Å²) in [5, 5.41) is 7.89. The smallest absolute Gasteiger partial charge is 0.285 e. The van der Waals surface area contributed by atoms with Crippen LogP contribution in [0.15, 0.2) is 41.5 Å². The number of amides is 1. The van der Waals surface area contributed by atoms with E-state index in [0.717, 1.165) is 17.4 Å². The van der Waals surface area contributed by atoms with Crippen LogP contribution >= 0.6 is 11.6 Å². The van der Waals surface area contributed by atoms with Crippen molar-refractivity contribution in [3.63, 3.8) is 0 Å². The van der Waals surface area contributed by atoms with Gasteiger partial charge in [0, 0.05) is 45.0 Å². The molecule has 0 unspecified atom stereocenters. The zero-order chi connectivity index (χ0) is 28.6. The molecule has 4 aromatic rings. The van der Waals surface area contributed by atoms with E-state index in [1.54, 1.807) is 30.1 Å². The minimum absolute atomic E-state index is 0.0271. The van der Waals surface area contributed by atoms with Crippen molar-refractivity contribution >= 4 is 50.1 Å². The Hall–Kier alpha value is -3.97. The predicted octanol–water partition coefficient (Wildman–Crippen LogP) is 2.52. The summed E-state index contributed by atoms with van der Waals surface area (Å²) < 4.78 is 28.4. The van der Waals surface area contributed by atoms with Crippen molar-refractivity contribution in [3.8, 4) is 0 Å². The molecule has 0 fully saturated rings. The Morgan fingerprint density at radius 3 is 2.56 bits per heavy atom. The lowest BCUT2D eigenvalue weighted by molar-refractivity contribution is 0.0977. The molecule has 206 valence electrons. The van der Waals surface area contributed by atoms with E-state index in [1.807, 2.05) is 49.8 Å². The topological polar surface area (TPSA) is 144 Å². The van der Waals surface area contributed by atoms with Crippen molar-refractivity contribution in [2.24, 2.45) is 14.1 Å². The molecule has 14 heteroatoms. The zero-order valence-electron chi connectivity index (χ0n) is 22.4. The average Bonchev–Trinajstić information content (AvgIpc) is 3.25. The summed E-state index contributed by atoms with van der Waals surface area (Å²) in [6.45, 7) is 4.22. The van der Waals surface area contributed by atoms with E-state index in [0.29, 0.717) is 29.0 Å². The number of sulfonamides is 1. The van der Waals surface area contributed by atoms with Gasteiger partial charge >= 0.3 is 0 Å². The van der Waals surface area contributed by atoms with E-state index >= 15 is 0 Å². The van der Waals surface area contributed by atoms with E-state index in [-0.39, 0.29) is 22.1 Å². The van der Waals surface area contributed by atoms with E-state index in [2.05, 4.69) is 15.4 Å². The fraction of sp³-hybridized carbons (Fsp3) is 0.320. The summed E-state index contributed by atoms with van der Waals surface area (Å²) in [6, 6.07) is 6.27. The first kappa shape index (κ1) is 28.0. The molecule has 0 bridgehead atoms. The number of hydrogen-bond acceptors (Lipinski definition) is 9. The standard InChI is InChI=1S/C25H29ClN8O4S/c1-14-9-17(15(2)28-19-7-8-20(26)29-22(19)23(35)31-39(6,37)38)21-18(10-14)24(36)34(5)25(30-21)32(3)12-16-11-27-33(4)13-16/h7-11,13,15,28H,12H2,1-6H3,(H,31,35)/t15-/m1/s1. The minimum Gasteiger partial charge on any atom is -0.377 e. The van der Waals surface area contributed by atoms with E-state index < -0.39 is 22.0 Å². The van der Waals surface area contributed by atoms with Crippen molar-refractivity contribution in [3.05, 3.63) is 74.6 Å². The molecular weight excluding hydrogens is 544 g/mol. The first-order chi connectivity index (χ1) is 18.2. The first-order valence-corrected chi connectivity index (χ1v) is 14.2. The number of fused-ring (bicyclic) bond motifs is 1. The molecule has 3 aromatic heterocycles. The van der Waals surface area contributed by atoms with Crippen LogP contribution in [0.2, 0.25) is 5.15 Å². The van der Waals surface area contributed by atoms with Crippen molar-refractivity contribution in [1.29, 1.82) is 0 Å². The highest BCUT2D eigenvalue weighted by Crippen LogP contribution is 2.29. The third kappa shape index (κ3) is 6.20. The largest absolute Gasteiger partial charge is 0.377 e. The molecule has 0 aliphatic heterocycles. The molecule has 2 N–H and O–H groups in total. The zero-order valence-corrected chi connectivity index (χ0v) is 23.9. The van der Waals surface area contributed by atoms with Gasteiger partial charge in [-0.3, -0.25) is 18.8 Å². The third-order valence-electron chi connectivity index (χ3n) is 6.04. The van der Waals surface area contributed by atoms with Gasteiger partial charge in [0.1, 0.15) is 5.15 Å². The molecule has 1 atom stereocenters. The van der Waals surface area contributed by atoms with Crippen molar-refractivity contribution in [2.75, 3.05) is 23.5 Å². The molecule has 39 heavy (non-hydrogen) atoms. The molecule has 3 heterocycles. The molecule has 0 radical (unpaired) electrons. The van der Waals surface area contributed by atoms with Gasteiger partial charge in [-0.25, -0.2) is 23.1 Å². The number of hydrogen-bond donors (Lipinski definition) is 2. The van der Waals surface area contributed by atoms with Gasteiger partial charge in [0.2, 0.25) is 16.0 Å².